The molecule has 6 saturated heterocycles. The maximum atomic E-state index is 14.4. The molecule has 0 unspecified atom stereocenters. The number of unbranched alkanes of at least 4 members (excludes halogenated alkanes) is 10. The molecule has 0 aliphatic carbocycles. The Morgan fingerprint density at radius 2 is 1.04 bits per heavy atom. The second kappa shape index (κ2) is 40.7. The maximum absolute atomic E-state index is 14.4. The molecule has 0 amide bonds. The summed E-state index contributed by atoms with van der Waals surface area (Å²) in [4.78, 5) is 55.9. The van der Waals surface area contributed by atoms with Crippen LogP contribution in [-0.2, 0) is 85.5 Å². The van der Waals surface area contributed by atoms with Gasteiger partial charge in [0.05, 0.1) is 42.5 Å². The average Bonchev–Trinajstić information content (AvgIpc) is 0.775. The zero-order valence-corrected chi connectivity index (χ0v) is 58.6. The van der Waals surface area contributed by atoms with Crippen LogP contribution in [0, 0.1) is 5.92 Å². The Morgan fingerprint density at radius 3 is 1.72 bits per heavy atom. The van der Waals surface area contributed by atoms with E-state index in [2.05, 4.69) is 13.8 Å². The Balaban J connectivity index is 1.22. The number of aliphatic hydroxyl groups is 7. The largest absolute Gasteiger partial charge is 0.457 e. The molecular weight excluding hydrogens is 1260 g/mol. The smallest absolute Gasteiger partial charge is 0.331 e. The highest BCUT2D eigenvalue weighted by molar-refractivity contribution is 5.87. The predicted molar refractivity (Wildman–Crippen MR) is 350 cm³/mol. The van der Waals surface area contributed by atoms with Gasteiger partial charge in [-0.2, -0.15) is 0 Å². The van der Waals surface area contributed by atoms with E-state index in [1.165, 1.54) is 46.6 Å². The zero-order valence-electron chi connectivity index (χ0n) is 58.6. The molecule has 1 aromatic carbocycles. The first kappa shape index (κ1) is 80.5. The minimum Gasteiger partial charge on any atom is -0.457 e. The molecule has 0 bridgehead atoms. The fraction of sp³-hybridized carbons (Fsp3) is 0.833. The molecule has 7 rings (SSSR count). The van der Waals surface area contributed by atoms with Crippen LogP contribution in [0.4, 0.5) is 0 Å². The van der Waals surface area contributed by atoms with Crippen molar-refractivity contribution in [3.63, 3.8) is 0 Å². The van der Waals surface area contributed by atoms with Gasteiger partial charge in [-0.3, -0.25) is 14.4 Å². The van der Waals surface area contributed by atoms with Gasteiger partial charge in [0.2, 0.25) is 0 Å². The molecule has 0 spiro atoms. The Hall–Kier alpha value is -3.84. The summed E-state index contributed by atoms with van der Waals surface area (Å²) in [5.41, 5.74) is 0.648. The van der Waals surface area contributed by atoms with Gasteiger partial charge in [-0.15, -0.1) is 0 Å². The Labute approximate surface area is 573 Å². The second-order valence-corrected chi connectivity index (χ2v) is 27.5. The van der Waals surface area contributed by atoms with Gasteiger partial charge in [0.1, 0.15) is 67.1 Å². The van der Waals surface area contributed by atoms with Crippen molar-refractivity contribution in [1.29, 1.82) is 0 Å². The van der Waals surface area contributed by atoms with Crippen molar-refractivity contribution in [3.05, 3.63) is 42.0 Å². The van der Waals surface area contributed by atoms with Crippen molar-refractivity contribution < 1.29 is 121 Å². The predicted octanol–water partition coefficient (Wildman–Crippen LogP) is 7.60. The van der Waals surface area contributed by atoms with Crippen molar-refractivity contribution >= 4 is 30.0 Å². The first-order valence-electron chi connectivity index (χ1n) is 36.4. The molecule has 0 saturated carbocycles. The lowest BCUT2D eigenvalue weighted by Gasteiger charge is -2.51. The summed E-state index contributed by atoms with van der Waals surface area (Å²) in [6, 6.07) is 8.87. The van der Waals surface area contributed by atoms with Crippen LogP contribution >= 0.6 is 0 Å². The highest BCUT2D eigenvalue weighted by Crippen LogP contribution is 2.40. The van der Waals surface area contributed by atoms with Gasteiger partial charge in [0.25, 0.3) is 0 Å². The number of rotatable bonds is 27. The molecule has 6 heterocycles. The van der Waals surface area contributed by atoms with E-state index in [-0.39, 0.29) is 25.4 Å². The van der Waals surface area contributed by atoms with Gasteiger partial charge in [-0.05, 0) is 78.4 Å². The van der Waals surface area contributed by atoms with E-state index in [1.807, 2.05) is 0 Å². The van der Waals surface area contributed by atoms with E-state index in [0.29, 0.717) is 31.2 Å². The Kier molecular flexibility index (Phi) is 33.8. The van der Waals surface area contributed by atoms with Gasteiger partial charge >= 0.3 is 23.9 Å². The van der Waals surface area contributed by atoms with Crippen molar-refractivity contribution in [2.45, 2.75) is 376 Å². The lowest BCUT2D eigenvalue weighted by molar-refractivity contribution is -0.399. The van der Waals surface area contributed by atoms with Crippen molar-refractivity contribution in [2.24, 2.45) is 5.92 Å². The van der Waals surface area contributed by atoms with E-state index >= 15 is 0 Å². The first-order chi connectivity index (χ1) is 46.5. The van der Waals surface area contributed by atoms with Crippen LogP contribution in [0.15, 0.2) is 36.4 Å². The van der Waals surface area contributed by atoms with Crippen LogP contribution in [0.25, 0.3) is 6.08 Å². The number of ether oxygens (including phenoxy) is 14. The van der Waals surface area contributed by atoms with Gasteiger partial charge < -0.3 is 102 Å². The Morgan fingerprint density at radius 1 is 0.495 bits per heavy atom. The fourth-order valence-corrected chi connectivity index (χ4v) is 13.3. The lowest BCUT2D eigenvalue weighted by Crippen LogP contribution is -2.68. The molecule has 25 heteroatoms. The van der Waals surface area contributed by atoms with Crippen molar-refractivity contribution in [3.8, 4) is 0 Å². The third-order valence-electron chi connectivity index (χ3n) is 19.6. The topological polar surface area (TPSA) is 339 Å². The summed E-state index contributed by atoms with van der Waals surface area (Å²) in [6.45, 7) is 15.3. The number of carbonyl (C=O) groups is 4. The minimum absolute atomic E-state index is 0.0412. The standard InChI is InChI=1S/C72H116O25/c1-10-13-15-16-17-18-21-24-31-37-49(73)90-59-44(7)86-70(63(57(59)81)92-51(75)40-39-47-33-28-26-29-34-47)95-61-46(9)88-72(66(93-67(83)41(4)12-3)65(61)97-68-56(80)54(78)52(76)42(5)84-68)94-60-45(8)87-71-64(58(60)82)91-50(74)38-32-25-22-19-20-23-30-36-48(35-27-14-11-2)89-69-62(96-71)55(79)53(77)43(6)85-69/h26,28-29,33-34,39-46,48,52-66,68-72,76-82H,10-25,27,30-32,35-38H2,1-9H3/b40-39+/t41-,42-,43+,44-,45-,46-,48-,52-,53-,54+,55-,56+,57+,58+,59-,60-,61-,62+,63+,64+,65+,66+,68-,69-,70-,71-,72-/m0/s1. The highest BCUT2D eigenvalue weighted by atomic mass is 16.8. The van der Waals surface area contributed by atoms with Crippen LogP contribution in [0.1, 0.15) is 222 Å². The quantitative estimate of drug-likeness (QED) is 0.0193. The van der Waals surface area contributed by atoms with E-state index < -0.39 is 183 Å². The fourth-order valence-electron chi connectivity index (χ4n) is 13.3. The summed E-state index contributed by atoms with van der Waals surface area (Å²) in [7, 11) is 0. The zero-order chi connectivity index (χ0) is 70.3. The Bertz CT molecular complexity index is 2490. The van der Waals surface area contributed by atoms with Crippen LogP contribution in [0.3, 0.4) is 0 Å². The van der Waals surface area contributed by atoms with Crippen molar-refractivity contribution in [1.82, 2.24) is 0 Å². The third kappa shape index (κ3) is 23.3. The van der Waals surface area contributed by atoms with E-state index in [0.717, 1.165) is 102 Å². The normalized spacial score (nSPS) is 38.5. The molecule has 6 aliphatic heterocycles. The van der Waals surface area contributed by atoms with Gasteiger partial charge in [0, 0.05) is 18.9 Å². The monoisotopic (exact) mass is 1380 g/mol. The maximum Gasteiger partial charge on any atom is 0.331 e. The molecule has 0 radical (unpaired) electrons. The minimum atomic E-state index is -1.95. The summed E-state index contributed by atoms with van der Waals surface area (Å²) < 4.78 is 89.8. The molecule has 97 heavy (non-hydrogen) atoms. The molecule has 7 N–H and O–H groups in total. The number of hydrogen-bond acceptors (Lipinski definition) is 25. The highest BCUT2D eigenvalue weighted by Gasteiger charge is 2.59. The number of aliphatic hydroxyl groups excluding tert-OH is 7. The van der Waals surface area contributed by atoms with Gasteiger partial charge in [0.15, 0.2) is 55.9 Å². The van der Waals surface area contributed by atoms with Crippen LogP contribution in [0.2, 0.25) is 0 Å². The van der Waals surface area contributed by atoms with Gasteiger partial charge in [-0.25, -0.2) is 4.79 Å². The summed E-state index contributed by atoms with van der Waals surface area (Å²) in [5.74, 6) is -3.87. The SMILES string of the molecule is CCCCCCCCCCCC(=O)O[C@@H]1[C@@H](O)[C@@H](OC(=O)/C=C/c2ccccc2)[C@H](O[C@@H]2[C@@H](O[C@@H]3O[C@@H](C)[C@H](O)[C@@H](O)[C@H]3O)[C@@H](OC(=O)[C@@H](C)CC)[C@H](O[C@@H]3[C@@H](O)[C@H]4OC(=O)CCCCCCCCC[C@H](CCCCC)O[C@@H]5O[C@H](C)[C@H](O)[C@H](O)[C@H]5O[C@@H]4O[C@H]3C)O[C@H]2C)O[C@H]1C. The molecule has 27 atom stereocenters. The molecule has 0 aromatic heterocycles. The van der Waals surface area contributed by atoms with Crippen LogP contribution < -0.4 is 0 Å². The first-order valence-corrected chi connectivity index (χ1v) is 36.4. The molecule has 1 aromatic rings. The van der Waals surface area contributed by atoms with E-state index in [9.17, 15) is 54.9 Å². The van der Waals surface area contributed by atoms with Crippen LogP contribution in [0.5, 0.6) is 0 Å². The van der Waals surface area contributed by atoms with Crippen molar-refractivity contribution in [2.75, 3.05) is 0 Å². The number of esters is 4. The number of benzene rings is 1. The summed E-state index contributed by atoms with van der Waals surface area (Å²) >= 11 is 0. The van der Waals surface area contributed by atoms with E-state index in [1.54, 1.807) is 51.1 Å². The molecule has 6 aliphatic rings. The lowest BCUT2D eigenvalue weighted by atomic mass is 9.95. The number of hydrogen-bond donors (Lipinski definition) is 7. The van der Waals surface area contributed by atoms with Crippen LogP contribution in [-0.4, -0.2) is 219 Å². The molecule has 25 nitrogen and oxygen atoms in total. The summed E-state index contributed by atoms with van der Waals surface area (Å²) in [6.07, 6.45) is -17.1. The molecule has 6 fully saturated rings. The number of fused-ring (bicyclic) bond motifs is 2. The second-order valence-electron chi connectivity index (χ2n) is 27.5. The third-order valence-corrected chi connectivity index (χ3v) is 19.6. The summed E-state index contributed by atoms with van der Waals surface area (Å²) in [5, 5.41) is 81.9. The van der Waals surface area contributed by atoms with Gasteiger partial charge in [-0.1, -0.05) is 167 Å². The average molecular weight is 1380 g/mol. The number of carbonyl (C=O) groups excluding carboxylic acids is 4. The molecular formula is C72H116O25. The van der Waals surface area contributed by atoms with E-state index in [4.69, 9.17) is 66.3 Å². The molecule has 554 valence electrons.